The van der Waals surface area contributed by atoms with Gasteiger partial charge in [0.1, 0.15) is 17.5 Å². The van der Waals surface area contributed by atoms with Gasteiger partial charge in [0, 0.05) is 42.9 Å². The van der Waals surface area contributed by atoms with Crippen molar-refractivity contribution in [3.8, 4) is 11.4 Å². The Balaban J connectivity index is 1.35. The molecule has 9 heteroatoms. The van der Waals surface area contributed by atoms with Crippen molar-refractivity contribution in [3.05, 3.63) is 65.0 Å². The van der Waals surface area contributed by atoms with E-state index < -0.39 is 5.91 Å². The fraction of sp³-hybridized carbons (Fsp3) is 0.333. The van der Waals surface area contributed by atoms with E-state index in [9.17, 15) is 14.4 Å². The largest absolute Gasteiger partial charge is 0.490 e. The molecule has 9 nitrogen and oxygen atoms in total. The van der Waals surface area contributed by atoms with Gasteiger partial charge in [0.25, 0.3) is 11.8 Å². The van der Waals surface area contributed by atoms with Crippen LogP contribution in [-0.2, 0) is 17.6 Å². The maximum Gasteiger partial charge on any atom is 0.277 e. The second kappa shape index (κ2) is 8.51. The number of ether oxygens (including phenoxy) is 1. The van der Waals surface area contributed by atoms with Crippen LogP contribution in [0.4, 0.5) is 11.4 Å². The first-order chi connectivity index (χ1) is 17.4. The fourth-order valence-corrected chi connectivity index (χ4v) is 5.42. The lowest BCUT2D eigenvalue weighted by atomic mass is 10.0. The van der Waals surface area contributed by atoms with Gasteiger partial charge in [-0.15, -0.1) is 0 Å². The van der Waals surface area contributed by atoms with Crippen LogP contribution in [-0.4, -0.2) is 46.7 Å². The molecule has 36 heavy (non-hydrogen) atoms. The van der Waals surface area contributed by atoms with Crippen molar-refractivity contribution in [1.82, 2.24) is 9.78 Å². The standard InChI is InChI=1S/C27H27N5O4/c1-16-14-17-15-20(9-10-22(17)36-16)32-25-21(24(29-32)26(28)34)11-13-31(27(25)35)19-7-5-18(6-8-19)30-12-3-2-4-23(30)33/h5-10,15-16H,2-4,11-14H2,1H3,(H2,28,34). The summed E-state index contributed by atoms with van der Waals surface area (Å²) in [6, 6.07) is 13.2. The average molecular weight is 486 g/mol. The van der Waals surface area contributed by atoms with Crippen LogP contribution in [0.2, 0.25) is 0 Å². The zero-order chi connectivity index (χ0) is 25.0. The minimum atomic E-state index is -0.653. The molecule has 1 fully saturated rings. The number of rotatable bonds is 4. The summed E-state index contributed by atoms with van der Waals surface area (Å²) in [4.78, 5) is 41.8. The lowest BCUT2D eigenvalue weighted by Gasteiger charge is -2.29. The minimum Gasteiger partial charge on any atom is -0.490 e. The van der Waals surface area contributed by atoms with Crippen molar-refractivity contribution in [3.63, 3.8) is 0 Å². The Morgan fingerprint density at radius 3 is 2.42 bits per heavy atom. The van der Waals surface area contributed by atoms with Crippen LogP contribution >= 0.6 is 0 Å². The first-order valence-corrected chi connectivity index (χ1v) is 12.3. The van der Waals surface area contributed by atoms with E-state index >= 15 is 0 Å². The fourth-order valence-electron chi connectivity index (χ4n) is 5.42. The lowest BCUT2D eigenvalue weighted by molar-refractivity contribution is -0.119. The SMILES string of the molecule is CC1Cc2cc(-n3nc(C(N)=O)c4c3C(=O)N(c3ccc(N5CCCCC5=O)cc3)CC4)ccc2O1. The molecular formula is C27H27N5O4. The molecule has 3 aromatic rings. The van der Waals surface area contributed by atoms with Crippen LogP contribution in [0, 0.1) is 0 Å². The van der Waals surface area contributed by atoms with E-state index in [0.717, 1.165) is 42.0 Å². The van der Waals surface area contributed by atoms with Gasteiger partial charge in [0.05, 0.1) is 5.69 Å². The molecule has 4 heterocycles. The van der Waals surface area contributed by atoms with Crippen molar-refractivity contribution in [1.29, 1.82) is 0 Å². The Labute approximate surface area is 208 Å². The van der Waals surface area contributed by atoms with Crippen LogP contribution in [0.3, 0.4) is 0 Å². The lowest BCUT2D eigenvalue weighted by Crippen LogP contribution is -2.39. The summed E-state index contributed by atoms with van der Waals surface area (Å²) in [5, 5.41) is 4.48. The van der Waals surface area contributed by atoms with E-state index in [-0.39, 0.29) is 23.6 Å². The van der Waals surface area contributed by atoms with Gasteiger partial charge in [0.15, 0.2) is 5.69 Å². The van der Waals surface area contributed by atoms with E-state index in [1.165, 1.54) is 4.68 Å². The van der Waals surface area contributed by atoms with Gasteiger partial charge < -0.3 is 20.3 Å². The molecule has 1 aromatic heterocycles. The molecule has 3 amide bonds. The zero-order valence-corrected chi connectivity index (χ0v) is 20.1. The maximum absolute atomic E-state index is 13.8. The average Bonchev–Trinajstić information content (AvgIpc) is 3.45. The Hall–Kier alpha value is -4.14. The number of primary amides is 1. The van der Waals surface area contributed by atoms with Gasteiger partial charge in [-0.2, -0.15) is 5.10 Å². The smallest absolute Gasteiger partial charge is 0.277 e. The number of aromatic nitrogens is 2. The normalized spacial score (nSPS) is 19.2. The molecule has 3 aliphatic rings. The van der Waals surface area contributed by atoms with Crippen LogP contribution in [0.25, 0.3) is 5.69 Å². The Morgan fingerprint density at radius 1 is 0.972 bits per heavy atom. The van der Waals surface area contributed by atoms with Crippen LogP contribution in [0.15, 0.2) is 42.5 Å². The Morgan fingerprint density at radius 2 is 1.69 bits per heavy atom. The highest BCUT2D eigenvalue weighted by Crippen LogP contribution is 2.34. The van der Waals surface area contributed by atoms with Gasteiger partial charge in [-0.05, 0) is 74.2 Å². The predicted octanol–water partition coefficient (Wildman–Crippen LogP) is 3.01. The number of carbonyl (C=O) groups is 3. The van der Waals surface area contributed by atoms with Crippen LogP contribution in [0.5, 0.6) is 5.75 Å². The number of benzene rings is 2. The van der Waals surface area contributed by atoms with Crippen molar-refractivity contribution in [2.24, 2.45) is 5.73 Å². The highest BCUT2D eigenvalue weighted by Gasteiger charge is 2.35. The monoisotopic (exact) mass is 485 g/mol. The van der Waals surface area contributed by atoms with Gasteiger partial charge in [0.2, 0.25) is 5.91 Å². The van der Waals surface area contributed by atoms with E-state index in [1.807, 2.05) is 49.4 Å². The summed E-state index contributed by atoms with van der Waals surface area (Å²) in [5.41, 5.74) is 9.96. The molecule has 0 bridgehead atoms. The molecule has 1 atom stereocenters. The second-order valence-corrected chi connectivity index (χ2v) is 9.60. The van der Waals surface area contributed by atoms with Gasteiger partial charge in [-0.1, -0.05) is 0 Å². The molecule has 0 saturated carbocycles. The summed E-state index contributed by atoms with van der Waals surface area (Å²) < 4.78 is 7.34. The predicted molar refractivity (Wildman–Crippen MR) is 134 cm³/mol. The second-order valence-electron chi connectivity index (χ2n) is 9.60. The van der Waals surface area contributed by atoms with Crippen molar-refractivity contribution >= 4 is 29.1 Å². The summed E-state index contributed by atoms with van der Waals surface area (Å²) in [6.07, 6.45) is 3.78. The van der Waals surface area contributed by atoms with Gasteiger partial charge >= 0.3 is 0 Å². The molecule has 0 aliphatic carbocycles. The highest BCUT2D eigenvalue weighted by molar-refractivity contribution is 6.09. The number of piperidine rings is 1. The molecule has 0 radical (unpaired) electrons. The quantitative estimate of drug-likeness (QED) is 0.611. The molecule has 0 spiro atoms. The number of nitrogens with two attached hydrogens (primary N) is 1. The van der Waals surface area contributed by atoms with Gasteiger partial charge in [-0.3, -0.25) is 14.4 Å². The van der Waals surface area contributed by atoms with Gasteiger partial charge in [-0.25, -0.2) is 4.68 Å². The number of fused-ring (bicyclic) bond motifs is 2. The molecule has 2 N–H and O–H groups in total. The zero-order valence-electron chi connectivity index (χ0n) is 20.1. The summed E-state index contributed by atoms with van der Waals surface area (Å²) >= 11 is 0. The van der Waals surface area contributed by atoms with E-state index in [1.54, 1.807) is 9.80 Å². The van der Waals surface area contributed by atoms with Crippen LogP contribution in [0.1, 0.15) is 58.3 Å². The van der Waals surface area contributed by atoms with E-state index in [4.69, 9.17) is 10.5 Å². The maximum atomic E-state index is 13.8. The summed E-state index contributed by atoms with van der Waals surface area (Å²) in [7, 11) is 0. The molecule has 184 valence electrons. The molecule has 1 saturated heterocycles. The number of carbonyl (C=O) groups excluding carboxylic acids is 3. The first kappa shape index (κ1) is 22.3. The topological polar surface area (TPSA) is 111 Å². The Bertz CT molecular complexity index is 1390. The molecular weight excluding hydrogens is 458 g/mol. The number of amides is 3. The third kappa shape index (κ3) is 3.62. The third-order valence-corrected chi connectivity index (χ3v) is 7.17. The first-order valence-electron chi connectivity index (χ1n) is 12.3. The van der Waals surface area contributed by atoms with Crippen LogP contribution < -0.4 is 20.3 Å². The molecule has 1 unspecified atom stereocenters. The van der Waals surface area contributed by atoms with Crippen molar-refractivity contribution < 1.29 is 19.1 Å². The molecule has 2 aromatic carbocycles. The number of nitrogens with zero attached hydrogens (tertiary/aromatic N) is 4. The van der Waals surface area contributed by atoms with E-state index in [0.29, 0.717) is 42.9 Å². The van der Waals surface area contributed by atoms with Crippen molar-refractivity contribution in [2.75, 3.05) is 22.9 Å². The van der Waals surface area contributed by atoms with Crippen molar-refractivity contribution in [2.45, 2.75) is 45.1 Å². The minimum absolute atomic E-state index is 0.0864. The summed E-state index contributed by atoms with van der Waals surface area (Å²) in [6.45, 7) is 3.12. The molecule has 6 rings (SSSR count). The van der Waals surface area contributed by atoms with E-state index in [2.05, 4.69) is 5.10 Å². The number of hydrogen-bond acceptors (Lipinski definition) is 5. The molecule has 3 aliphatic heterocycles. The number of hydrogen-bond donors (Lipinski definition) is 1. The Kier molecular flexibility index (Phi) is 5.28. The highest BCUT2D eigenvalue weighted by atomic mass is 16.5. The summed E-state index contributed by atoms with van der Waals surface area (Å²) in [5.74, 6) is 0.0513. The third-order valence-electron chi connectivity index (χ3n) is 7.17. The number of anilines is 2.